The zero-order valence-electron chi connectivity index (χ0n) is 14.6. The second-order valence-corrected chi connectivity index (χ2v) is 7.09. The molecule has 1 aliphatic rings. The molecule has 2 aromatic carbocycles. The molecule has 26 heavy (non-hydrogen) atoms. The van der Waals surface area contributed by atoms with Crippen molar-refractivity contribution in [3.05, 3.63) is 64.4 Å². The zero-order chi connectivity index (χ0) is 18.3. The molecule has 5 nitrogen and oxygen atoms in total. The molecule has 1 fully saturated rings. The Hall–Kier alpha value is -2.66. The van der Waals surface area contributed by atoms with Crippen molar-refractivity contribution in [1.29, 1.82) is 0 Å². The predicted molar refractivity (Wildman–Crippen MR) is 100 cm³/mol. The number of nitrogens with zero attached hydrogens (tertiary/aromatic N) is 3. The minimum Gasteiger partial charge on any atom is -0.334 e. The van der Waals surface area contributed by atoms with E-state index < -0.39 is 0 Å². The van der Waals surface area contributed by atoms with Gasteiger partial charge in [-0.15, -0.1) is 0 Å². The van der Waals surface area contributed by atoms with E-state index in [1.807, 2.05) is 38.1 Å². The number of aromatic nitrogens is 2. The van der Waals surface area contributed by atoms with Crippen molar-refractivity contribution < 1.29 is 9.32 Å². The summed E-state index contributed by atoms with van der Waals surface area (Å²) in [6, 6.07) is 13.4. The third-order valence-corrected chi connectivity index (χ3v) is 4.93. The third kappa shape index (κ3) is 3.10. The van der Waals surface area contributed by atoms with Crippen molar-refractivity contribution in [3.63, 3.8) is 0 Å². The van der Waals surface area contributed by atoms with Crippen LogP contribution in [0, 0.1) is 13.8 Å². The van der Waals surface area contributed by atoms with Crippen molar-refractivity contribution in [2.45, 2.75) is 26.2 Å². The first kappa shape index (κ1) is 16.8. The third-order valence-electron chi connectivity index (χ3n) is 4.68. The highest BCUT2D eigenvalue weighted by Gasteiger charge is 2.34. The second-order valence-electron chi connectivity index (χ2n) is 6.66. The first-order valence-electron chi connectivity index (χ1n) is 8.48. The van der Waals surface area contributed by atoms with Gasteiger partial charge in [-0.1, -0.05) is 34.5 Å². The molecule has 0 spiro atoms. The minimum absolute atomic E-state index is 0.0511. The van der Waals surface area contributed by atoms with Gasteiger partial charge in [-0.25, -0.2) is 0 Å². The number of halogens is 1. The molecule has 2 heterocycles. The first-order chi connectivity index (χ1) is 12.5. The first-order valence-corrected chi connectivity index (χ1v) is 8.86. The fourth-order valence-electron chi connectivity index (χ4n) is 3.31. The molecule has 0 saturated carbocycles. The highest BCUT2D eigenvalue weighted by atomic mass is 35.5. The summed E-state index contributed by atoms with van der Waals surface area (Å²) >= 11 is 5.93. The van der Waals surface area contributed by atoms with Gasteiger partial charge in [-0.2, -0.15) is 4.98 Å². The average Bonchev–Trinajstić information content (AvgIpc) is 3.23. The van der Waals surface area contributed by atoms with Crippen molar-refractivity contribution in [2.24, 2.45) is 0 Å². The maximum atomic E-state index is 12.4. The fraction of sp³-hybridized carbons (Fsp3) is 0.250. The summed E-state index contributed by atoms with van der Waals surface area (Å²) in [5.41, 5.74) is 4.03. The average molecular weight is 368 g/mol. The van der Waals surface area contributed by atoms with Crippen molar-refractivity contribution in [1.82, 2.24) is 10.1 Å². The van der Waals surface area contributed by atoms with E-state index in [1.54, 1.807) is 17.0 Å². The topological polar surface area (TPSA) is 59.2 Å². The smallest absolute Gasteiger partial charge is 0.258 e. The van der Waals surface area contributed by atoms with Crippen LogP contribution in [-0.2, 0) is 4.79 Å². The number of carbonyl (C=O) groups is 1. The van der Waals surface area contributed by atoms with Crippen LogP contribution < -0.4 is 4.90 Å². The van der Waals surface area contributed by atoms with E-state index in [-0.39, 0.29) is 11.8 Å². The molecular formula is C20H18ClN3O2. The van der Waals surface area contributed by atoms with Gasteiger partial charge in [0.05, 0.1) is 0 Å². The van der Waals surface area contributed by atoms with Crippen LogP contribution in [0.4, 0.5) is 5.69 Å². The number of amides is 1. The van der Waals surface area contributed by atoms with Crippen LogP contribution >= 0.6 is 11.6 Å². The summed E-state index contributed by atoms with van der Waals surface area (Å²) in [6.45, 7) is 4.60. The van der Waals surface area contributed by atoms with Crippen molar-refractivity contribution >= 4 is 23.2 Å². The van der Waals surface area contributed by atoms with Crippen LogP contribution in [0.3, 0.4) is 0 Å². The van der Waals surface area contributed by atoms with Gasteiger partial charge in [0.15, 0.2) is 5.82 Å². The minimum atomic E-state index is -0.0820. The molecule has 0 aliphatic carbocycles. The van der Waals surface area contributed by atoms with Crippen molar-refractivity contribution in [3.8, 4) is 11.5 Å². The van der Waals surface area contributed by atoms with E-state index in [0.29, 0.717) is 29.7 Å². The van der Waals surface area contributed by atoms with Crippen LogP contribution in [-0.4, -0.2) is 22.6 Å². The molecule has 1 saturated heterocycles. The molecule has 0 N–H and O–H groups in total. The molecule has 1 amide bonds. The lowest BCUT2D eigenvalue weighted by Gasteiger charge is -2.16. The van der Waals surface area contributed by atoms with Gasteiger partial charge in [-0.3, -0.25) is 4.79 Å². The lowest BCUT2D eigenvalue weighted by molar-refractivity contribution is -0.117. The summed E-state index contributed by atoms with van der Waals surface area (Å²) < 4.78 is 5.47. The maximum absolute atomic E-state index is 12.4. The van der Waals surface area contributed by atoms with E-state index in [1.165, 1.54) is 5.56 Å². The normalized spacial score (nSPS) is 17.1. The van der Waals surface area contributed by atoms with E-state index in [4.69, 9.17) is 16.1 Å². The summed E-state index contributed by atoms with van der Waals surface area (Å²) in [5.74, 6) is 1.04. The number of rotatable bonds is 3. The van der Waals surface area contributed by atoms with Gasteiger partial charge >= 0.3 is 0 Å². The molecule has 6 heteroatoms. The predicted octanol–water partition coefficient (Wildman–Crippen LogP) is 4.53. The number of anilines is 1. The van der Waals surface area contributed by atoms with E-state index in [0.717, 1.165) is 16.8 Å². The second kappa shape index (κ2) is 6.57. The Labute approximate surface area is 156 Å². The van der Waals surface area contributed by atoms with Gasteiger partial charge in [0.1, 0.15) is 0 Å². The number of aryl methyl sites for hydroxylation is 2. The van der Waals surface area contributed by atoms with Crippen LogP contribution in [0.1, 0.15) is 29.3 Å². The Bertz CT molecular complexity index is 965. The number of carbonyl (C=O) groups excluding carboxylic acids is 1. The Morgan fingerprint density at radius 2 is 1.92 bits per heavy atom. The Morgan fingerprint density at radius 3 is 2.65 bits per heavy atom. The molecule has 4 rings (SSSR count). The quantitative estimate of drug-likeness (QED) is 0.682. The highest BCUT2D eigenvalue weighted by molar-refractivity contribution is 6.30. The largest absolute Gasteiger partial charge is 0.334 e. The van der Waals surface area contributed by atoms with Gasteiger partial charge in [0.2, 0.25) is 5.91 Å². The Balaban J connectivity index is 1.57. The van der Waals surface area contributed by atoms with Gasteiger partial charge in [-0.05, 0) is 49.7 Å². The fourth-order valence-corrected chi connectivity index (χ4v) is 3.44. The summed E-state index contributed by atoms with van der Waals surface area (Å²) in [7, 11) is 0. The van der Waals surface area contributed by atoms with Crippen LogP contribution in [0.25, 0.3) is 11.5 Å². The maximum Gasteiger partial charge on any atom is 0.258 e. The monoisotopic (exact) mass is 367 g/mol. The van der Waals surface area contributed by atoms with Crippen LogP contribution in [0.15, 0.2) is 47.0 Å². The molecule has 1 atom stereocenters. The summed E-state index contributed by atoms with van der Waals surface area (Å²) in [4.78, 5) is 18.7. The number of hydrogen-bond acceptors (Lipinski definition) is 4. The standard InChI is InChI=1S/C20H18ClN3O2/c1-12-3-8-17(13(2)9-12)20-22-19(23-26-20)14-10-18(25)24(11-14)16-6-4-15(21)5-7-16/h3-9,14H,10-11H2,1-2H3. The molecule has 1 aromatic heterocycles. The van der Waals surface area contributed by atoms with Crippen LogP contribution in [0.2, 0.25) is 5.02 Å². The highest BCUT2D eigenvalue weighted by Crippen LogP contribution is 2.32. The molecule has 0 radical (unpaired) electrons. The van der Waals surface area contributed by atoms with E-state index in [9.17, 15) is 4.79 Å². The Kier molecular flexibility index (Phi) is 4.24. The molecule has 1 aliphatic heterocycles. The SMILES string of the molecule is Cc1ccc(-c2nc(C3CC(=O)N(c4ccc(Cl)cc4)C3)no2)c(C)c1. The van der Waals surface area contributed by atoms with Gasteiger partial charge < -0.3 is 9.42 Å². The zero-order valence-corrected chi connectivity index (χ0v) is 15.3. The number of hydrogen-bond donors (Lipinski definition) is 0. The van der Waals surface area contributed by atoms with Crippen molar-refractivity contribution in [2.75, 3.05) is 11.4 Å². The number of benzene rings is 2. The summed E-state index contributed by atoms with van der Waals surface area (Å²) in [5, 5.41) is 4.78. The lowest BCUT2D eigenvalue weighted by Crippen LogP contribution is -2.24. The Morgan fingerprint density at radius 1 is 1.15 bits per heavy atom. The lowest BCUT2D eigenvalue weighted by atomic mass is 10.1. The van der Waals surface area contributed by atoms with E-state index >= 15 is 0 Å². The van der Waals surface area contributed by atoms with Crippen LogP contribution in [0.5, 0.6) is 0 Å². The molecule has 132 valence electrons. The molecule has 1 unspecified atom stereocenters. The molecule has 0 bridgehead atoms. The molecule has 3 aromatic rings. The van der Waals surface area contributed by atoms with Gasteiger partial charge in [0.25, 0.3) is 5.89 Å². The molecular weight excluding hydrogens is 350 g/mol. The van der Waals surface area contributed by atoms with Gasteiger partial charge in [0, 0.05) is 35.2 Å². The summed E-state index contributed by atoms with van der Waals surface area (Å²) in [6.07, 6.45) is 0.370. The van der Waals surface area contributed by atoms with E-state index in [2.05, 4.69) is 16.2 Å².